The second-order valence-corrected chi connectivity index (χ2v) is 9.63. The van der Waals surface area contributed by atoms with Gasteiger partial charge in [-0.3, -0.25) is 0 Å². The number of hydrogen-bond acceptors (Lipinski definition) is 5. The Kier molecular flexibility index (Phi) is 6.81. The maximum Gasteiger partial charge on any atom is 0.273 e. The number of nitrogens with one attached hydrogen (secondary N) is 1. The van der Waals surface area contributed by atoms with Crippen molar-refractivity contribution in [2.24, 2.45) is 11.8 Å². The van der Waals surface area contributed by atoms with Crippen molar-refractivity contribution in [3.63, 3.8) is 0 Å². The van der Waals surface area contributed by atoms with Gasteiger partial charge in [-0.25, -0.2) is 4.98 Å². The van der Waals surface area contributed by atoms with Gasteiger partial charge in [-0.1, -0.05) is 42.5 Å². The van der Waals surface area contributed by atoms with E-state index in [-0.39, 0.29) is 0 Å². The summed E-state index contributed by atoms with van der Waals surface area (Å²) >= 11 is 1.57. The van der Waals surface area contributed by atoms with E-state index >= 15 is 0 Å². The molecule has 1 heterocycles. The van der Waals surface area contributed by atoms with Crippen LogP contribution in [0.25, 0.3) is 10.4 Å². The van der Waals surface area contributed by atoms with E-state index < -0.39 is 0 Å². The SMILES string of the molecule is COc1ncc(-c2cccc(NCC3CCC(c4ccc(OC)c(C)c4)CC3C)c2)s1. The number of rotatable bonds is 7. The first-order chi connectivity index (χ1) is 15.1. The monoisotopic (exact) mass is 436 g/mol. The highest BCUT2D eigenvalue weighted by atomic mass is 32.1. The molecule has 0 aliphatic heterocycles. The Hall–Kier alpha value is -2.53. The zero-order valence-corrected chi connectivity index (χ0v) is 19.7. The van der Waals surface area contributed by atoms with Crippen LogP contribution in [-0.4, -0.2) is 25.7 Å². The van der Waals surface area contributed by atoms with Crippen molar-refractivity contribution in [3.05, 3.63) is 59.8 Å². The van der Waals surface area contributed by atoms with Gasteiger partial charge in [-0.2, -0.15) is 0 Å². The Balaban J connectivity index is 1.35. The molecule has 1 fully saturated rings. The molecule has 1 N–H and O–H groups in total. The van der Waals surface area contributed by atoms with Crippen LogP contribution in [0.3, 0.4) is 0 Å². The summed E-state index contributed by atoms with van der Waals surface area (Å²) in [7, 11) is 3.40. The summed E-state index contributed by atoms with van der Waals surface area (Å²) in [5.41, 5.74) is 5.04. The van der Waals surface area contributed by atoms with Gasteiger partial charge in [0.05, 0.1) is 19.1 Å². The highest BCUT2D eigenvalue weighted by molar-refractivity contribution is 7.16. The molecule has 1 aliphatic carbocycles. The lowest BCUT2D eigenvalue weighted by molar-refractivity contribution is 0.243. The number of methoxy groups -OCH3 is 2. The second-order valence-electron chi connectivity index (χ2n) is 8.63. The third-order valence-electron chi connectivity index (χ3n) is 6.61. The zero-order valence-electron chi connectivity index (χ0n) is 18.9. The van der Waals surface area contributed by atoms with E-state index in [1.54, 1.807) is 25.6 Å². The van der Waals surface area contributed by atoms with Gasteiger partial charge in [0.1, 0.15) is 5.75 Å². The van der Waals surface area contributed by atoms with Crippen molar-refractivity contribution in [2.45, 2.75) is 39.0 Å². The number of benzene rings is 2. The topological polar surface area (TPSA) is 43.4 Å². The maximum absolute atomic E-state index is 5.43. The third-order valence-corrected chi connectivity index (χ3v) is 7.62. The molecule has 1 saturated carbocycles. The first-order valence-corrected chi connectivity index (χ1v) is 11.9. The molecular formula is C26H32N2O2S. The van der Waals surface area contributed by atoms with Crippen LogP contribution in [0.15, 0.2) is 48.7 Å². The molecule has 1 aliphatic rings. The molecule has 164 valence electrons. The molecule has 1 aromatic heterocycles. The molecule has 4 nitrogen and oxygen atoms in total. The average Bonchev–Trinajstić information content (AvgIpc) is 3.28. The van der Waals surface area contributed by atoms with Crippen molar-refractivity contribution in [1.82, 2.24) is 4.98 Å². The van der Waals surface area contributed by atoms with E-state index in [4.69, 9.17) is 9.47 Å². The van der Waals surface area contributed by atoms with Crippen LogP contribution in [0.1, 0.15) is 43.2 Å². The Morgan fingerprint density at radius 1 is 1.10 bits per heavy atom. The molecular weight excluding hydrogens is 404 g/mol. The molecule has 0 amide bonds. The number of nitrogens with zero attached hydrogens (tertiary/aromatic N) is 1. The normalized spacial score (nSPS) is 21.0. The molecule has 0 spiro atoms. The van der Waals surface area contributed by atoms with Crippen molar-refractivity contribution in [1.29, 1.82) is 0 Å². The molecule has 2 aromatic carbocycles. The summed E-state index contributed by atoms with van der Waals surface area (Å²) in [6, 6.07) is 15.3. The van der Waals surface area contributed by atoms with Gasteiger partial charge in [-0.05, 0) is 78.8 Å². The quantitative estimate of drug-likeness (QED) is 0.444. The number of thiazole rings is 1. The molecule has 0 saturated heterocycles. The molecule has 31 heavy (non-hydrogen) atoms. The van der Waals surface area contributed by atoms with Crippen molar-refractivity contribution >= 4 is 17.0 Å². The first-order valence-electron chi connectivity index (χ1n) is 11.1. The standard InChI is InChI=1S/C26H32N2O2S/c1-17-12-19(20-10-11-24(29-3)18(2)13-20)8-9-22(17)15-27-23-7-5-6-21(14-23)25-16-28-26(30-4)31-25/h5-7,10-11,13-14,16-17,19,22,27H,8-9,12,15H2,1-4H3. The van der Waals surface area contributed by atoms with Gasteiger partial charge in [0.25, 0.3) is 5.19 Å². The van der Waals surface area contributed by atoms with Crippen molar-refractivity contribution in [3.8, 4) is 21.4 Å². The predicted octanol–water partition coefficient (Wildman–Crippen LogP) is 6.77. The molecule has 3 aromatic rings. The fourth-order valence-electron chi connectivity index (χ4n) is 4.74. The largest absolute Gasteiger partial charge is 0.496 e. The summed E-state index contributed by atoms with van der Waals surface area (Å²) in [6.07, 6.45) is 5.64. The fourth-order valence-corrected chi connectivity index (χ4v) is 5.46. The smallest absolute Gasteiger partial charge is 0.273 e. The molecule has 0 radical (unpaired) electrons. The molecule has 3 unspecified atom stereocenters. The van der Waals surface area contributed by atoms with Crippen LogP contribution in [-0.2, 0) is 0 Å². The predicted molar refractivity (Wildman–Crippen MR) is 130 cm³/mol. The first kappa shape index (κ1) is 21.7. The summed E-state index contributed by atoms with van der Waals surface area (Å²) in [6.45, 7) is 5.57. The number of hydrogen-bond donors (Lipinski definition) is 1. The Morgan fingerprint density at radius 2 is 1.97 bits per heavy atom. The van der Waals surface area contributed by atoms with E-state index in [2.05, 4.69) is 66.6 Å². The van der Waals surface area contributed by atoms with E-state index in [1.807, 2.05) is 6.20 Å². The fraction of sp³-hybridized carbons (Fsp3) is 0.423. The van der Waals surface area contributed by atoms with Gasteiger partial charge >= 0.3 is 0 Å². The van der Waals surface area contributed by atoms with E-state index in [0.29, 0.717) is 22.9 Å². The third kappa shape index (κ3) is 5.04. The van der Waals surface area contributed by atoms with Gasteiger partial charge in [-0.15, -0.1) is 0 Å². The van der Waals surface area contributed by atoms with Crippen molar-refractivity contribution < 1.29 is 9.47 Å². The highest BCUT2D eigenvalue weighted by Gasteiger charge is 2.28. The molecule has 0 bridgehead atoms. The van der Waals surface area contributed by atoms with Crippen LogP contribution >= 0.6 is 11.3 Å². The highest BCUT2D eigenvalue weighted by Crippen LogP contribution is 2.40. The number of aryl methyl sites for hydroxylation is 1. The molecule has 4 rings (SSSR count). The molecule has 5 heteroatoms. The van der Waals surface area contributed by atoms with E-state index in [9.17, 15) is 0 Å². The lowest BCUT2D eigenvalue weighted by atomic mass is 9.72. The van der Waals surface area contributed by atoms with Gasteiger partial charge in [0.15, 0.2) is 0 Å². The van der Waals surface area contributed by atoms with Crippen molar-refractivity contribution in [2.75, 3.05) is 26.1 Å². The maximum atomic E-state index is 5.43. The minimum Gasteiger partial charge on any atom is -0.496 e. The van der Waals surface area contributed by atoms with E-state index in [0.717, 1.165) is 17.2 Å². The average molecular weight is 437 g/mol. The van der Waals surface area contributed by atoms with Gasteiger partial charge < -0.3 is 14.8 Å². The Labute approximate surface area is 189 Å². The van der Waals surface area contributed by atoms with Crippen LogP contribution in [0, 0.1) is 18.8 Å². The van der Waals surface area contributed by atoms with Gasteiger partial charge in [0.2, 0.25) is 0 Å². The van der Waals surface area contributed by atoms with Crippen LogP contribution < -0.4 is 14.8 Å². The minimum atomic E-state index is 0.653. The van der Waals surface area contributed by atoms with Crippen LogP contribution in [0.4, 0.5) is 5.69 Å². The summed E-state index contributed by atoms with van der Waals surface area (Å²) in [5, 5.41) is 4.39. The summed E-state index contributed by atoms with van der Waals surface area (Å²) in [4.78, 5) is 5.41. The number of anilines is 1. The van der Waals surface area contributed by atoms with Crippen LogP contribution in [0.5, 0.6) is 10.9 Å². The van der Waals surface area contributed by atoms with Crippen LogP contribution in [0.2, 0.25) is 0 Å². The lowest BCUT2D eigenvalue weighted by Gasteiger charge is -2.35. The minimum absolute atomic E-state index is 0.653. The van der Waals surface area contributed by atoms with E-state index in [1.165, 1.54) is 41.6 Å². The summed E-state index contributed by atoms with van der Waals surface area (Å²) in [5.74, 6) is 3.03. The summed E-state index contributed by atoms with van der Waals surface area (Å²) < 4.78 is 10.7. The Bertz CT molecular complexity index is 1020. The lowest BCUT2D eigenvalue weighted by Crippen LogP contribution is -2.27. The molecule has 3 atom stereocenters. The second kappa shape index (κ2) is 9.73. The zero-order chi connectivity index (χ0) is 21.8. The Morgan fingerprint density at radius 3 is 2.68 bits per heavy atom. The number of ether oxygens (including phenoxy) is 2. The van der Waals surface area contributed by atoms with Gasteiger partial charge in [0, 0.05) is 18.4 Å². The number of aromatic nitrogens is 1.